The predicted octanol–water partition coefficient (Wildman–Crippen LogP) is 0.539. The van der Waals surface area contributed by atoms with Gasteiger partial charge in [-0.1, -0.05) is 13.8 Å². The largest absolute Gasteiger partial charge is 0.340 e. The standard InChI is InChI=1S/C13H25N3O/c1-11(2)13(17)16-9-7-15(8-10-16)12-3-5-14-6-4-12/h11-12,14H,3-10H2,1-2H3. The molecule has 0 bridgehead atoms. The van der Waals surface area contributed by atoms with Gasteiger partial charge in [-0.05, 0) is 25.9 Å². The Morgan fingerprint density at radius 3 is 2.24 bits per heavy atom. The number of rotatable bonds is 2. The second-order valence-electron chi connectivity index (χ2n) is 5.50. The van der Waals surface area contributed by atoms with E-state index in [4.69, 9.17) is 0 Å². The Balaban J connectivity index is 1.79. The van der Waals surface area contributed by atoms with Crippen LogP contribution < -0.4 is 5.32 Å². The molecule has 4 nitrogen and oxygen atoms in total. The van der Waals surface area contributed by atoms with Crippen LogP contribution in [0.25, 0.3) is 0 Å². The molecule has 0 aromatic carbocycles. The summed E-state index contributed by atoms with van der Waals surface area (Å²) in [6, 6.07) is 0.743. The topological polar surface area (TPSA) is 35.6 Å². The molecule has 0 spiro atoms. The molecule has 2 aliphatic rings. The maximum atomic E-state index is 11.9. The zero-order valence-electron chi connectivity index (χ0n) is 11.1. The van der Waals surface area contributed by atoms with Crippen molar-refractivity contribution in [1.29, 1.82) is 0 Å². The monoisotopic (exact) mass is 239 g/mol. The number of carbonyl (C=O) groups excluding carboxylic acids is 1. The average Bonchev–Trinajstić information content (AvgIpc) is 2.39. The first kappa shape index (κ1) is 12.8. The quantitative estimate of drug-likeness (QED) is 0.764. The van der Waals surface area contributed by atoms with Crippen LogP contribution in [0.2, 0.25) is 0 Å². The predicted molar refractivity (Wildman–Crippen MR) is 68.9 cm³/mol. The molecule has 98 valence electrons. The summed E-state index contributed by atoms with van der Waals surface area (Å²) in [5.41, 5.74) is 0. The second-order valence-corrected chi connectivity index (χ2v) is 5.50. The SMILES string of the molecule is CC(C)C(=O)N1CCN(C2CCNCC2)CC1. The van der Waals surface area contributed by atoms with E-state index in [-0.39, 0.29) is 5.92 Å². The van der Waals surface area contributed by atoms with Gasteiger partial charge in [-0.25, -0.2) is 0 Å². The van der Waals surface area contributed by atoms with Gasteiger partial charge in [-0.15, -0.1) is 0 Å². The van der Waals surface area contributed by atoms with Gasteiger partial charge >= 0.3 is 0 Å². The lowest BCUT2D eigenvalue weighted by molar-refractivity contribution is -0.136. The molecule has 0 radical (unpaired) electrons. The van der Waals surface area contributed by atoms with Crippen LogP contribution in [0.3, 0.4) is 0 Å². The number of piperazine rings is 1. The van der Waals surface area contributed by atoms with Crippen molar-refractivity contribution >= 4 is 5.91 Å². The van der Waals surface area contributed by atoms with E-state index in [0.717, 1.165) is 45.3 Å². The second kappa shape index (κ2) is 5.83. The fraction of sp³-hybridized carbons (Fsp3) is 0.923. The Kier molecular flexibility index (Phi) is 4.40. The lowest BCUT2D eigenvalue weighted by Gasteiger charge is -2.41. The number of amides is 1. The van der Waals surface area contributed by atoms with Gasteiger partial charge in [-0.3, -0.25) is 9.69 Å². The summed E-state index contributed by atoms with van der Waals surface area (Å²) in [6.07, 6.45) is 2.52. The van der Waals surface area contributed by atoms with Crippen LogP contribution in [-0.2, 0) is 4.79 Å². The highest BCUT2D eigenvalue weighted by Crippen LogP contribution is 2.15. The van der Waals surface area contributed by atoms with E-state index in [1.165, 1.54) is 12.8 Å². The molecule has 1 N–H and O–H groups in total. The minimum absolute atomic E-state index is 0.139. The highest BCUT2D eigenvalue weighted by atomic mass is 16.2. The van der Waals surface area contributed by atoms with Gasteiger partial charge in [0, 0.05) is 38.1 Å². The summed E-state index contributed by atoms with van der Waals surface area (Å²) < 4.78 is 0. The summed E-state index contributed by atoms with van der Waals surface area (Å²) >= 11 is 0. The molecule has 2 rings (SSSR count). The van der Waals surface area contributed by atoms with Gasteiger partial charge < -0.3 is 10.2 Å². The molecule has 2 heterocycles. The van der Waals surface area contributed by atoms with Gasteiger partial charge in [0.15, 0.2) is 0 Å². The van der Waals surface area contributed by atoms with Gasteiger partial charge in [0.25, 0.3) is 0 Å². The molecule has 0 saturated carbocycles. The maximum Gasteiger partial charge on any atom is 0.225 e. The fourth-order valence-corrected chi connectivity index (χ4v) is 2.84. The minimum Gasteiger partial charge on any atom is -0.340 e. The molecule has 17 heavy (non-hydrogen) atoms. The van der Waals surface area contributed by atoms with Crippen LogP contribution in [0.4, 0.5) is 0 Å². The third-order valence-electron chi connectivity index (χ3n) is 3.94. The highest BCUT2D eigenvalue weighted by Gasteiger charge is 2.27. The van der Waals surface area contributed by atoms with Crippen molar-refractivity contribution < 1.29 is 4.79 Å². The smallest absolute Gasteiger partial charge is 0.225 e. The first-order valence-corrected chi connectivity index (χ1v) is 6.92. The Hall–Kier alpha value is -0.610. The molecule has 0 aromatic heterocycles. The molecule has 4 heteroatoms. The summed E-state index contributed by atoms with van der Waals surface area (Å²) in [5.74, 6) is 0.454. The lowest BCUT2D eigenvalue weighted by Crippen LogP contribution is -2.54. The summed E-state index contributed by atoms with van der Waals surface area (Å²) in [5, 5.41) is 3.40. The number of nitrogens with zero attached hydrogens (tertiary/aromatic N) is 2. The van der Waals surface area contributed by atoms with Gasteiger partial charge in [0.05, 0.1) is 0 Å². The molecule has 0 aromatic rings. The number of piperidine rings is 1. The van der Waals surface area contributed by atoms with E-state index in [1.54, 1.807) is 0 Å². The van der Waals surface area contributed by atoms with Crippen LogP contribution in [-0.4, -0.2) is 61.0 Å². The lowest BCUT2D eigenvalue weighted by atomic mass is 10.0. The van der Waals surface area contributed by atoms with Crippen molar-refractivity contribution in [1.82, 2.24) is 15.1 Å². The molecular weight excluding hydrogens is 214 g/mol. The van der Waals surface area contributed by atoms with Crippen molar-refractivity contribution in [2.24, 2.45) is 5.92 Å². The zero-order valence-corrected chi connectivity index (χ0v) is 11.1. The number of hydrogen-bond donors (Lipinski definition) is 1. The van der Waals surface area contributed by atoms with E-state index in [1.807, 2.05) is 18.7 Å². The molecule has 2 fully saturated rings. The highest BCUT2D eigenvalue weighted by molar-refractivity contribution is 5.78. The van der Waals surface area contributed by atoms with Crippen molar-refractivity contribution in [2.75, 3.05) is 39.3 Å². The first-order valence-electron chi connectivity index (χ1n) is 6.92. The van der Waals surface area contributed by atoms with Crippen molar-refractivity contribution in [2.45, 2.75) is 32.7 Å². The number of nitrogens with one attached hydrogen (secondary N) is 1. The van der Waals surface area contributed by atoms with E-state index >= 15 is 0 Å². The molecule has 2 aliphatic heterocycles. The molecule has 2 saturated heterocycles. The normalized spacial score (nSPS) is 24.3. The van der Waals surface area contributed by atoms with Crippen molar-refractivity contribution in [3.05, 3.63) is 0 Å². The van der Waals surface area contributed by atoms with E-state index < -0.39 is 0 Å². The van der Waals surface area contributed by atoms with Gasteiger partial charge in [-0.2, -0.15) is 0 Å². The van der Waals surface area contributed by atoms with E-state index in [2.05, 4.69) is 10.2 Å². The Labute approximate surface area is 104 Å². The third kappa shape index (κ3) is 3.19. The summed E-state index contributed by atoms with van der Waals surface area (Å²) in [6.45, 7) is 10.2. The van der Waals surface area contributed by atoms with E-state index in [9.17, 15) is 4.79 Å². The van der Waals surface area contributed by atoms with Crippen LogP contribution in [0.5, 0.6) is 0 Å². The van der Waals surface area contributed by atoms with Gasteiger partial charge in [0.2, 0.25) is 5.91 Å². The average molecular weight is 239 g/mol. The van der Waals surface area contributed by atoms with E-state index in [0.29, 0.717) is 5.91 Å². The van der Waals surface area contributed by atoms with Crippen LogP contribution in [0.15, 0.2) is 0 Å². The van der Waals surface area contributed by atoms with Crippen LogP contribution in [0, 0.1) is 5.92 Å². The number of hydrogen-bond acceptors (Lipinski definition) is 3. The first-order chi connectivity index (χ1) is 8.18. The number of carbonyl (C=O) groups is 1. The van der Waals surface area contributed by atoms with Crippen molar-refractivity contribution in [3.63, 3.8) is 0 Å². The Bertz CT molecular complexity index is 253. The molecule has 0 atom stereocenters. The fourth-order valence-electron chi connectivity index (χ4n) is 2.84. The summed E-state index contributed by atoms with van der Waals surface area (Å²) in [7, 11) is 0. The van der Waals surface area contributed by atoms with Crippen LogP contribution >= 0.6 is 0 Å². The van der Waals surface area contributed by atoms with Crippen LogP contribution in [0.1, 0.15) is 26.7 Å². The Morgan fingerprint density at radius 1 is 1.12 bits per heavy atom. The van der Waals surface area contributed by atoms with Gasteiger partial charge in [0.1, 0.15) is 0 Å². The molecule has 0 unspecified atom stereocenters. The zero-order chi connectivity index (χ0) is 12.3. The maximum absolute atomic E-state index is 11.9. The molecule has 0 aliphatic carbocycles. The molecule has 1 amide bonds. The van der Waals surface area contributed by atoms with Crippen molar-refractivity contribution in [3.8, 4) is 0 Å². The molecular formula is C13H25N3O. The third-order valence-corrected chi connectivity index (χ3v) is 3.94. The summed E-state index contributed by atoms with van der Waals surface area (Å²) in [4.78, 5) is 16.5. The minimum atomic E-state index is 0.139. The Morgan fingerprint density at radius 2 is 1.71 bits per heavy atom.